The summed E-state index contributed by atoms with van der Waals surface area (Å²) in [4.78, 5) is 21.6. The van der Waals surface area contributed by atoms with E-state index < -0.39 is 0 Å². The molecule has 0 spiro atoms. The van der Waals surface area contributed by atoms with E-state index in [9.17, 15) is 4.79 Å². The first-order valence-electron chi connectivity index (χ1n) is 5.20. The maximum atomic E-state index is 12.0. The third-order valence-corrected chi connectivity index (χ3v) is 2.30. The van der Waals surface area contributed by atoms with Crippen LogP contribution < -0.4 is 0 Å². The van der Waals surface area contributed by atoms with Crippen LogP contribution in [0.4, 0.5) is 0 Å². The molecule has 2 aromatic heterocycles. The fourth-order valence-electron chi connectivity index (χ4n) is 1.46. The van der Waals surface area contributed by atoms with Crippen LogP contribution >= 0.6 is 0 Å². The average molecular weight is 231 g/mol. The molecule has 1 amide bonds. The smallest absolute Gasteiger partial charge is 0.254 e. The number of aromatic nitrogens is 4. The number of hydrogen-bond acceptors (Lipinski definition) is 4. The second-order valence-corrected chi connectivity index (χ2v) is 3.73. The first-order valence-corrected chi connectivity index (χ1v) is 5.20. The number of nitrogens with zero attached hydrogens (tertiary/aromatic N) is 4. The van der Waals surface area contributed by atoms with Crippen LogP contribution in [0.15, 0.2) is 24.5 Å². The predicted octanol–water partition coefficient (Wildman–Crippen LogP) is 0.780. The van der Waals surface area contributed by atoms with E-state index in [0.717, 1.165) is 5.82 Å². The summed E-state index contributed by atoms with van der Waals surface area (Å²) >= 11 is 0. The monoisotopic (exact) mass is 231 g/mol. The SMILES string of the molecule is Cc1nc(CN(C)C(=O)c2ccncc2)n[nH]1. The highest BCUT2D eigenvalue weighted by Gasteiger charge is 2.13. The largest absolute Gasteiger partial charge is 0.334 e. The molecule has 0 saturated heterocycles. The van der Waals surface area contributed by atoms with Crippen molar-refractivity contribution in [2.45, 2.75) is 13.5 Å². The molecule has 6 nitrogen and oxygen atoms in total. The summed E-state index contributed by atoms with van der Waals surface area (Å²) in [7, 11) is 1.72. The Morgan fingerprint density at radius 2 is 2.12 bits per heavy atom. The van der Waals surface area contributed by atoms with Crippen LogP contribution in [0, 0.1) is 6.92 Å². The van der Waals surface area contributed by atoms with Gasteiger partial charge in [0.2, 0.25) is 0 Å². The van der Waals surface area contributed by atoms with Gasteiger partial charge in [-0.3, -0.25) is 14.9 Å². The first kappa shape index (κ1) is 11.3. The van der Waals surface area contributed by atoms with Crippen molar-refractivity contribution in [3.8, 4) is 0 Å². The van der Waals surface area contributed by atoms with Gasteiger partial charge >= 0.3 is 0 Å². The van der Waals surface area contributed by atoms with Crippen LogP contribution in [-0.2, 0) is 6.54 Å². The van der Waals surface area contributed by atoms with Crippen LogP contribution in [-0.4, -0.2) is 38.0 Å². The van der Waals surface area contributed by atoms with Crippen LogP contribution in [0.2, 0.25) is 0 Å². The number of aromatic amines is 1. The van der Waals surface area contributed by atoms with E-state index in [4.69, 9.17) is 0 Å². The van der Waals surface area contributed by atoms with Crippen molar-refractivity contribution < 1.29 is 4.79 Å². The Bertz CT molecular complexity index is 508. The second-order valence-electron chi connectivity index (χ2n) is 3.73. The lowest BCUT2D eigenvalue weighted by Crippen LogP contribution is -2.26. The van der Waals surface area contributed by atoms with Gasteiger partial charge in [0.25, 0.3) is 5.91 Å². The second kappa shape index (κ2) is 4.73. The molecule has 88 valence electrons. The van der Waals surface area contributed by atoms with Crippen molar-refractivity contribution in [1.29, 1.82) is 0 Å². The van der Waals surface area contributed by atoms with Gasteiger partial charge in [-0.2, -0.15) is 5.10 Å². The minimum atomic E-state index is -0.0742. The quantitative estimate of drug-likeness (QED) is 0.847. The predicted molar refractivity (Wildman–Crippen MR) is 61.2 cm³/mol. The normalized spacial score (nSPS) is 10.2. The Hall–Kier alpha value is -2.24. The molecule has 17 heavy (non-hydrogen) atoms. The van der Waals surface area contributed by atoms with Gasteiger partial charge in [0.15, 0.2) is 5.82 Å². The maximum Gasteiger partial charge on any atom is 0.254 e. The summed E-state index contributed by atoms with van der Waals surface area (Å²) in [5, 5.41) is 6.73. The van der Waals surface area contributed by atoms with E-state index in [1.54, 1.807) is 36.5 Å². The molecule has 2 heterocycles. The lowest BCUT2D eigenvalue weighted by atomic mass is 10.2. The molecule has 0 bridgehead atoms. The van der Waals surface area contributed by atoms with Gasteiger partial charge in [-0.15, -0.1) is 0 Å². The van der Waals surface area contributed by atoms with E-state index in [0.29, 0.717) is 17.9 Å². The lowest BCUT2D eigenvalue weighted by Gasteiger charge is -2.14. The average Bonchev–Trinajstić information content (AvgIpc) is 2.75. The number of aryl methyl sites for hydroxylation is 1. The molecule has 0 atom stereocenters. The Balaban J connectivity index is 2.06. The summed E-state index contributed by atoms with van der Waals surface area (Å²) in [6.07, 6.45) is 3.19. The zero-order valence-electron chi connectivity index (χ0n) is 9.71. The minimum Gasteiger partial charge on any atom is -0.334 e. The number of carbonyl (C=O) groups is 1. The summed E-state index contributed by atoms with van der Waals surface area (Å²) in [5.41, 5.74) is 0.606. The topological polar surface area (TPSA) is 74.8 Å². The number of nitrogens with one attached hydrogen (secondary N) is 1. The Morgan fingerprint density at radius 3 is 2.71 bits per heavy atom. The summed E-state index contributed by atoms with van der Waals surface area (Å²) in [6.45, 7) is 2.20. The van der Waals surface area contributed by atoms with Crippen molar-refractivity contribution in [2.75, 3.05) is 7.05 Å². The van der Waals surface area contributed by atoms with Crippen LogP contribution in [0.1, 0.15) is 22.0 Å². The number of carbonyl (C=O) groups excluding carboxylic acids is 1. The lowest BCUT2D eigenvalue weighted by molar-refractivity contribution is 0.0781. The number of hydrogen-bond donors (Lipinski definition) is 1. The Kier molecular flexibility index (Phi) is 3.13. The van der Waals surface area contributed by atoms with Gasteiger partial charge < -0.3 is 4.90 Å². The van der Waals surface area contributed by atoms with Crippen molar-refractivity contribution >= 4 is 5.91 Å². The molecular formula is C11H13N5O. The Labute approximate surface area is 98.7 Å². The third-order valence-electron chi connectivity index (χ3n) is 2.30. The molecule has 0 aliphatic carbocycles. The van der Waals surface area contributed by atoms with Gasteiger partial charge in [-0.1, -0.05) is 0 Å². The molecule has 0 aromatic carbocycles. The molecule has 2 aromatic rings. The third kappa shape index (κ3) is 2.66. The molecule has 0 saturated carbocycles. The summed E-state index contributed by atoms with van der Waals surface area (Å²) in [5.74, 6) is 1.27. The molecular weight excluding hydrogens is 218 g/mol. The highest BCUT2D eigenvalue weighted by molar-refractivity contribution is 5.93. The Morgan fingerprint density at radius 1 is 1.41 bits per heavy atom. The zero-order valence-corrected chi connectivity index (χ0v) is 9.71. The number of amides is 1. The van der Waals surface area contributed by atoms with Crippen LogP contribution in [0.25, 0.3) is 0 Å². The molecule has 0 aliphatic rings. The van der Waals surface area contributed by atoms with Crippen LogP contribution in [0.3, 0.4) is 0 Å². The summed E-state index contributed by atoms with van der Waals surface area (Å²) < 4.78 is 0. The van der Waals surface area contributed by atoms with Crippen LogP contribution in [0.5, 0.6) is 0 Å². The molecule has 0 unspecified atom stereocenters. The number of rotatable bonds is 3. The van der Waals surface area contributed by atoms with Gasteiger partial charge in [0.1, 0.15) is 5.82 Å². The minimum absolute atomic E-state index is 0.0742. The van der Waals surface area contributed by atoms with Gasteiger partial charge in [-0.25, -0.2) is 4.98 Å². The van der Waals surface area contributed by atoms with Gasteiger partial charge in [-0.05, 0) is 19.1 Å². The van der Waals surface area contributed by atoms with Crippen molar-refractivity contribution in [2.24, 2.45) is 0 Å². The number of H-pyrrole nitrogens is 1. The van der Waals surface area contributed by atoms with E-state index in [1.807, 2.05) is 6.92 Å². The standard InChI is InChI=1S/C11H13N5O/c1-8-13-10(15-14-8)7-16(2)11(17)9-3-5-12-6-4-9/h3-6H,7H2,1-2H3,(H,13,14,15). The molecule has 1 N–H and O–H groups in total. The van der Waals surface area contributed by atoms with E-state index in [1.165, 1.54) is 0 Å². The molecule has 6 heteroatoms. The molecule has 0 aliphatic heterocycles. The zero-order chi connectivity index (χ0) is 12.3. The first-order chi connectivity index (χ1) is 8.16. The number of pyridine rings is 1. The van der Waals surface area contributed by atoms with Crippen molar-refractivity contribution in [3.63, 3.8) is 0 Å². The fourth-order valence-corrected chi connectivity index (χ4v) is 1.46. The van der Waals surface area contributed by atoms with Gasteiger partial charge in [0.05, 0.1) is 6.54 Å². The van der Waals surface area contributed by atoms with E-state index >= 15 is 0 Å². The fraction of sp³-hybridized carbons (Fsp3) is 0.273. The van der Waals surface area contributed by atoms with E-state index in [2.05, 4.69) is 20.2 Å². The maximum absolute atomic E-state index is 12.0. The van der Waals surface area contributed by atoms with Crippen molar-refractivity contribution in [1.82, 2.24) is 25.1 Å². The molecule has 2 rings (SSSR count). The summed E-state index contributed by atoms with van der Waals surface area (Å²) in [6, 6.07) is 3.37. The molecule has 0 fully saturated rings. The van der Waals surface area contributed by atoms with Crippen molar-refractivity contribution in [3.05, 3.63) is 41.7 Å². The highest BCUT2D eigenvalue weighted by atomic mass is 16.2. The van der Waals surface area contributed by atoms with Gasteiger partial charge in [0, 0.05) is 25.0 Å². The highest BCUT2D eigenvalue weighted by Crippen LogP contribution is 2.04. The van der Waals surface area contributed by atoms with E-state index in [-0.39, 0.29) is 5.91 Å². The molecule has 0 radical (unpaired) electrons.